The number of amides is 1. The molecule has 4 heterocycles. The van der Waals surface area contributed by atoms with Gasteiger partial charge in [0.25, 0.3) is 11.7 Å². The SMILES string of the molecule is CCn1c(CNC(=O)c2nc(Br)cnc2N)[n+](CC)c2ccc(-c3cnn(C4CCN(CC(O)C(O)C(O)C(O)CO)CC4)c3)cc21. The summed E-state index contributed by atoms with van der Waals surface area (Å²) in [7, 11) is 0. The molecule has 0 bridgehead atoms. The van der Waals surface area contributed by atoms with Crippen molar-refractivity contribution in [2.45, 2.75) is 76.8 Å². The van der Waals surface area contributed by atoms with Crippen LogP contribution in [-0.4, -0.2) is 111 Å². The van der Waals surface area contributed by atoms with Crippen LogP contribution in [0.15, 0.2) is 41.4 Å². The third-order valence-corrected chi connectivity index (χ3v) is 9.22. The van der Waals surface area contributed by atoms with E-state index in [-0.39, 0.29) is 30.6 Å². The second-order valence-electron chi connectivity index (χ2n) is 11.8. The van der Waals surface area contributed by atoms with Crippen molar-refractivity contribution in [3.63, 3.8) is 0 Å². The quantitative estimate of drug-likeness (QED) is 0.0913. The Morgan fingerprint density at radius 2 is 1.83 bits per heavy atom. The summed E-state index contributed by atoms with van der Waals surface area (Å²) in [4.78, 5) is 23.1. The van der Waals surface area contributed by atoms with Gasteiger partial charge in [-0.3, -0.25) is 9.48 Å². The highest BCUT2D eigenvalue weighted by Gasteiger charge is 2.32. The second-order valence-corrected chi connectivity index (χ2v) is 12.6. The van der Waals surface area contributed by atoms with Gasteiger partial charge in [-0.1, -0.05) is 0 Å². The molecule has 16 heteroatoms. The zero-order chi connectivity index (χ0) is 33.8. The van der Waals surface area contributed by atoms with Crippen molar-refractivity contribution >= 4 is 38.7 Å². The number of nitrogen functional groups attached to an aromatic ring is 1. The van der Waals surface area contributed by atoms with Gasteiger partial charge in [-0.2, -0.15) is 5.10 Å². The standard InChI is InChI=1S/C31H42BrN9O6/c1-3-39-21-6-5-18(11-22(21)40(4-2)26(39)14-35-31(47)27-30(33)34-13-25(32)37-27)19-12-36-41(15-19)20-7-9-38(10-8-20)16-23(43)28(45)29(46)24(44)17-42/h5-6,11-13,15,20,23-24,28-29,42-46H,3-4,7-10,14,16-17H2,1-2H3,(H2-,33,34,35,47)/p+1. The molecule has 4 aromatic rings. The number of β-amino-alcohol motifs (C(OH)–C–C–N with tert-alkyl or cyclic N) is 1. The molecule has 5 rings (SSSR count). The van der Waals surface area contributed by atoms with E-state index in [2.05, 4.69) is 77.5 Å². The van der Waals surface area contributed by atoms with Crippen LogP contribution in [0.25, 0.3) is 22.2 Å². The Morgan fingerprint density at radius 3 is 2.51 bits per heavy atom. The Morgan fingerprint density at radius 1 is 1.11 bits per heavy atom. The molecule has 1 fully saturated rings. The minimum absolute atomic E-state index is 0.0621. The Bertz CT molecular complexity index is 1690. The molecular weight excluding hydrogens is 674 g/mol. The van der Waals surface area contributed by atoms with Gasteiger partial charge in [-0.15, -0.1) is 0 Å². The largest absolute Gasteiger partial charge is 0.394 e. The number of fused-ring (bicyclic) bond motifs is 1. The van der Waals surface area contributed by atoms with Gasteiger partial charge in [0, 0.05) is 31.4 Å². The van der Waals surface area contributed by atoms with Crippen molar-refractivity contribution < 1.29 is 34.9 Å². The van der Waals surface area contributed by atoms with E-state index in [1.165, 1.54) is 6.20 Å². The number of anilines is 1. The van der Waals surface area contributed by atoms with Crippen molar-refractivity contribution in [3.8, 4) is 11.1 Å². The Hall–Kier alpha value is -3.51. The highest BCUT2D eigenvalue weighted by Crippen LogP contribution is 2.28. The fraction of sp³-hybridized carbons (Fsp3) is 0.516. The normalized spacial score (nSPS) is 17.1. The van der Waals surface area contributed by atoms with Crippen LogP contribution in [0, 0.1) is 0 Å². The lowest BCUT2D eigenvalue weighted by Crippen LogP contribution is -2.50. The van der Waals surface area contributed by atoms with Gasteiger partial charge >= 0.3 is 0 Å². The van der Waals surface area contributed by atoms with E-state index in [4.69, 9.17) is 10.8 Å². The number of aliphatic hydroxyl groups excluding tert-OH is 5. The fourth-order valence-corrected chi connectivity index (χ4v) is 6.52. The summed E-state index contributed by atoms with van der Waals surface area (Å²) in [5.41, 5.74) is 10.1. The second kappa shape index (κ2) is 15.1. The maximum absolute atomic E-state index is 12.9. The zero-order valence-corrected chi connectivity index (χ0v) is 28.0. The zero-order valence-electron chi connectivity index (χ0n) is 26.4. The molecule has 8 N–H and O–H groups in total. The van der Waals surface area contributed by atoms with Crippen LogP contribution < -0.4 is 15.6 Å². The number of aromatic nitrogens is 6. The minimum atomic E-state index is -1.63. The first kappa shape index (κ1) is 34.8. The summed E-state index contributed by atoms with van der Waals surface area (Å²) in [6.45, 7) is 6.58. The number of aliphatic hydroxyl groups is 5. The summed E-state index contributed by atoms with van der Waals surface area (Å²) in [5.74, 6) is 0.597. The summed E-state index contributed by atoms with van der Waals surface area (Å²) in [6, 6.07) is 6.48. The molecule has 254 valence electrons. The highest BCUT2D eigenvalue weighted by atomic mass is 79.9. The van der Waals surface area contributed by atoms with Crippen molar-refractivity contribution in [1.82, 2.24) is 34.5 Å². The maximum atomic E-state index is 12.9. The smallest absolute Gasteiger partial charge is 0.277 e. The average Bonchev–Trinajstić information content (AvgIpc) is 3.69. The Labute approximate surface area is 280 Å². The third-order valence-electron chi connectivity index (χ3n) is 8.84. The summed E-state index contributed by atoms with van der Waals surface area (Å²) >= 11 is 3.24. The van der Waals surface area contributed by atoms with E-state index >= 15 is 0 Å². The van der Waals surface area contributed by atoms with Gasteiger partial charge in [0.1, 0.15) is 29.5 Å². The number of rotatable bonds is 13. The number of carbonyl (C=O) groups excluding carboxylic acids is 1. The molecule has 4 unspecified atom stereocenters. The predicted molar refractivity (Wildman–Crippen MR) is 176 cm³/mol. The monoisotopic (exact) mass is 716 g/mol. The molecule has 1 saturated heterocycles. The fourth-order valence-electron chi connectivity index (χ4n) is 6.24. The Kier molecular flexibility index (Phi) is 11.2. The number of carbonyl (C=O) groups is 1. The summed E-state index contributed by atoms with van der Waals surface area (Å²) in [5, 5.41) is 56.6. The topological polar surface area (TPSA) is 212 Å². The van der Waals surface area contributed by atoms with E-state index in [0.717, 1.165) is 40.8 Å². The summed E-state index contributed by atoms with van der Waals surface area (Å²) < 4.78 is 6.77. The molecule has 0 aliphatic carbocycles. The molecule has 0 spiro atoms. The van der Waals surface area contributed by atoms with Crippen LogP contribution in [0.4, 0.5) is 5.82 Å². The van der Waals surface area contributed by atoms with Crippen molar-refractivity contribution in [1.29, 1.82) is 0 Å². The number of nitrogens with one attached hydrogen (secondary N) is 1. The van der Waals surface area contributed by atoms with E-state index in [1.807, 2.05) is 22.0 Å². The van der Waals surface area contributed by atoms with Crippen LogP contribution >= 0.6 is 15.9 Å². The molecule has 1 aliphatic rings. The van der Waals surface area contributed by atoms with Crippen molar-refractivity contribution in [2.24, 2.45) is 0 Å². The van der Waals surface area contributed by atoms with Gasteiger partial charge in [-0.25, -0.2) is 19.1 Å². The van der Waals surface area contributed by atoms with Gasteiger partial charge in [0.2, 0.25) is 0 Å². The Balaban J connectivity index is 1.27. The van der Waals surface area contributed by atoms with E-state index in [9.17, 15) is 25.2 Å². The number of nitrogens with two attached hydrogens (primary N) is 1. The number of hydrogen-bond acceptors (Lipinski definition) is 11. The number of piperidine rings is 1. The number of hydrogen-bond donors (Lipinski definition) is 7. The number of benzene rings is 1. The van der Waals surface area contributed by atoms with Crippen LogP contribution in [0.2, 0.25) is 0 Å². The number of likely N-dealkylation sites (tertiary alicyclic amines) is 1. The molecule has 3 aromatic heterocycles. The lowest BCUT2D eigenvalue weighted by atomic mass is 10.0. The number of halogens is 1. The van der Waals surface area contributed by atoms with Crippen LogP contribution in [0.5, 0.6) is 0 Å². The molecule has 4 atom stereocenters. The lowest BCUT2D eigenvalue weighted by molar-refractivity contribution is -0.676. The molecule has 1 amide bonds. The molecule has 47 heavy (non-hydrogen) atoms. The van der Waals surface area contributed by atoms with Crippen LogP contribution in [0.1, 0.15) is 49.0 Å². The van der Waals surface area contributed by atoms with Gasteiger partial charge in [-0.05, 0) is 66.4 Å². The number of aryl methyl sites for hydroxylation is 2. The predicted octanol–water partition coefficient (Wildman–Crippen LogP) is -0.0304. The first-order chi connectivity index (χ1) is 22.6. The molecule has 0 radical (unpaired) electrons. The number of imidazole rings is 1. The number of nitrogens with zero attached hydrogens (tertiary/aromatic N) is 7. The van der Waals surface area contributed by atoms with Gasteiger partial charge < -0.3 is 41.5 Å². The third kappa shape index (κ3) is 7.48. The maximum Gasteiger partial charge on any atom is 0.277 e. The van der Waals surface area contributed by atoms with E-state index < -0.39 is 36.9 Å². The highest BCUT2D eigenvalue weighted by molar-refractivity contribution is 9.10. The average molecular weight is 718 g/mol. The van der Waals surface area contributed by atoms with E-state index in [1.54, 1.807) is 0 Å². The molecule has 15 nitrogen and oxygen atoms in total. The molecular formula is C31H43BrN9O6+. The molecule has 1 aromatic carbocycles. The van der Waals surface area contributed by atoms with Crippen LogP contribution in [0.3, 0.4) is 0 Å². The van der Waals surface area contributed by atoms with Gasteiger partial charge in [0.05, 0.1) is 44.2 Å². The lowest BCUT2D eigenvalue weighted by Gasteiger charge is -2.35. The minimum Gasteiger partial charge on any atom is -0.394 e. The van der Waals surface area contributed by atoms with Crippen molar-refractivity contribution in [2.75, 3.05) is 32.0 Å². The molecule has 1 aliphatic heterocycles. The van der Waals surface area contributed by atoms with Crippen molar-refractivity contribution in [3.05, 3.63) is 52.9 Å². The summed E-state index contributed by atoms with van der Waals surface area (Å²) in [6.07, 6.45) is 0.934. The van der Waals surface area contributed by atoms with Gasteiger partial charge in [0.15, 0.2) is 22.5 Å². The van der Waals surface area contributed by atoms with Crippen LogP contribution in [-0.2, 0) is 19.6 Å². The first-order valence-electron chi connectivity index (χ1n) is 15.8. The van der Waals surface area contributed by atoms with E-state index in [0.29, 0.717) is 30.8 Å². The first-order valence-corrected chi connectivity index (χ1v) is 16.6. The molecule has 0 saturated carbocycles.